The fourth-order valence-electron chi connectivity index (χ4n) is 3.53. The van der Waals surface area contributed by atoms with Gasteiger partial charge in [0, 0.05) is 22.2 Å². The number of fused-ring (bicyclic) bond motifs is 1. The molecular weight excluding hydrogens is 406 g/mol. The van der Waals surface area contributed by atoms with Gasteiger partial charge in [0.05, 0.1) is 25.4 Å². The van der Waals surface area contributed by atoms with E-state index in [1.54, 1.807) is 25.3 Å². The van der Waals surface area contributed by atoms with E-state index in [9.17, 15) is 9.90 Å². The van der Waals surface area contributed by atoms with Crippen LogP contribution in [0.3, 0.4) is 0 Å². The average Bonchev–Trinajstić information content (AvgIpc) is 2.78. The maximum Gasteiger partial charge on any atom is 0.261 e. The summed E-state index contributed by atoms with van der Waals surface area (Å²) in [5.41, 5.74) is 5.42. The van der Waals surface area contributed by atoms with E-state index in [-0.39, 0.29) is 18.0 Å². The van der Waals surface area contributed by atoms with Crippen molar-refractivity contribution in [3.8, 4) is 11.6 Å². The third-order valence-electron chi connectivity index (χ3n) is 5.03. The predicted octanol–water partition coefficient (Wildman–Crippen LogP) is 3.62. The lowest BCUT2D eigenvalue weighted by molar-refractivity contribution is 0.412. The first-order chi connectivity index (χ1) is 15.5. The third-order valence-corrected chi connectivity index (χ3v) is 5.03. The molecule has 0 aliphatic carbocycles. The predicted molar refractivity (Wildman–Crippen MR) is 125 cm³/mol. The molecule has 4 rings (SSSR count). The van der Waals surface area contributed by atoms with E-state index in [4.69, 9.17) is 4.74 Å². The highest BCUT2D eigenvalue weighted by Gasteiger charge is 2.15. The van der Waals surface area contributed by atoms with Crippen molar-refractivity contribution in [2.75, 3.05) is 12.5 Å². The lowest BCUT2D eigenvalue weighted by Gasteiger charge is -2.14. The van der Waals surface area contributed by atoms with Crippen molar-refractivity contribution in [2.45, 2.75) is 20.4 Å². The second-order valence-electron chi connectivity index (χ2n) is 7.37. The molecule has 2 aromatic carbocycles. The van der Waals surface area contributed by atoms with E-state index in [1.807, 2.05) is 50.2 Å². The Morgan fingerprint density at radius 2 is 1.72 bits per heavy atom. The first kappa shape index (κ1) is 21.0. The minimum atomic E-state index is -0.281. The van der Waals surface area contributed by atoms with Crippen molar-refractivity contribution >= 4 is 22.9 Å². The molecule has 0 unspecified atom stereocenters. The molecule has 0 saturated carbocycles. The van der Waals surface area contributed by atoms with E-state index in [2.05, 4.69) is 20.5 Å². The fourth-order valence-corrected chi connectivity index (χ4v) is 3.53. The molecular formula is C24H23N5O3. The zero-order chi connectivity index (χ0) is 22.7. The summed E-state index contributed by atoms with van der Waals surface area (Å²) in [6.45, 7) is 3.95. The highest BCUT2D eigenvalue weighted by atomic mass is 16.5. The van der Waals surface area contributed by atoms with E-state index in [1.165, 1.54) is 10.8 Å². The number of nitrogens with zero attached hydrogens (tertiary/aromatic N) is 4. The van der Waals surface area contributed by atoms with Gasteiger partial charge in [0.15, 0.2) is 0 Å². The van der Waals surface area contributed by atoms with Crippen LogP contribution in [-0.2, 0) is 6.54 Å². The Morgan fingerprint density at radius 3 is 2.38 bits per heavy atom. The second kappa shape index (κ2) is 8.89. The molecule has 0 atom stereocenters. The SMILES string of the molecule is COc1ccc(Cn2c(O)c(/C=N\Nc3nc(C)cc(C)n3)c3ccccc3c2=O)cc1. The monoisotopic (exact) mass is 429 g/mol. The summed E-state index contributed by atoms with van der Waals surface area (Å²) >= 11 is 0. The molecule has 0 bridgehead atoms. The van der Waals surface area contributed by atoms with Crippen LogP contribution in [-0.4, -0.2) is 33.0 Å². The van der Waals surface area contributed by atoms with Gasteiger partial charge in [0.2, 0.25) is 11.8 Å². The van der Waals surface area contributed by atoms with Crippen molar-refractivity contribution in [3.05, 3.63) is 87.5 Å². The van der Waals surface area contributed by atoms with Gasteiger partial charge in [-0.1, -0.05) is 30.3 Å². The standard InChI is InChI=1S/C24H23N5O3/c1-15-12-16(2)27-24(26-15)28-25-13-21-19-6-4-5-7-20(19)22(30)29(23(21)31)14-17-8-10-18(32-3)11-9-17/h4-13,31H,14H2,1-3H3,(H,26,27,28)/b25-13-. The van der Waals surface area contributed by atoms with Crippen molar-refractivity contribution in [1.82, 2.24) is 14.5 Å². The number of hydrogen-bond donors (Lipinski definition) is 2. The normalized spacial score (nSPS) is 11.2. The van der Waals surface area contributed by atoms with Crippen LogP contribution < -0.4 is 15.7 Å². The molecule has 0 aliphatic heterocycles. The molecule has 32 heavy (non-hydrogen) atoms. The van der Waals surface area contributed by atoms with Gasteiger partial charge >= 0.3 is 0 Å². The molecule has 8 nitrogen and oxygen atoms in total. The number of hydrazone groups is 1. The maximum absolute atomic E-state index is 13.1. The lowest BCUT2D eigenvalue weighted by atomic mass is 10.1. The number of anilines is 1. The van der Waals surface area contributed by atoms with Crippen molar-refractivity contribution in [1.29, 1.82) is 0 Å². The number of aryl methyl sites for hydroxylation is 2. The van der Waals surface area contributed by atoms with Gasteiger partial charge < -0.3 is 9.84 Å². The highest BCUT2D eigenvalue weighted by molar-refractivity contribution is 6.01. The summed E-state index contributed by atoms with van der Waals surface area (Å²) in [5, 5.41) is 16.3. The van der Waals surface area contributed by atoms with Gasteiger partial charge in [-0.25, -0.2) is 15.4 Å². The first-order valence-corrected chi connectivity index (χ1v) is 10.0. The number of aromatic nitrogens is 3. The Hall–Kier alpha value is -4.20. The largest absolute Gasteiger partial charge is 0.497 e. The summed E-state index contributed by atoms with van der Waals surface area (Å²) in [6.07, 6.45) is 1.47. The molecule has 0 amide bonds. The molecule has 2 aromatic heterocycles. The molecule has 0 spiro atoms. The minimum Gasteiger partial charge on any atom is -0.497 e. The van der Waals surface area contributed by atoms with Crippen LogP contribution in [0.5, 0.6) is 11.6 Å². The topological polar surface area (TPSA) is 102 Å². The van der Waals surface area contributed by atoms with E-state index in [0.29, 0.717) is 22.3 Å². The summed E-state index contributed by atoms with van der Waals surface area (Å²) in [7, 11) is 1.59. The van der Waals surface area contributed by atoms with Gasteiger partial charge in [-0.15, -0.1) is 0 Å². The fraction of sp³-hybridized carbons (Fsp3) is 0.167. The average molecular weight is 429 g/mol. The summed E-state index contributed by atoms with van der Waals surface area (Å²) < 4.78 is 6.52. The van der Waals surface area contributed by atoms with Crippen LogP contribution in [0.4, 0.5) is 5.95 Å². The first-order valence-electron chi connectivity index (χ1n) is 10.0. The zero-order valence-electron chi connectivity index (χ0n) is 18.0. The minimum absolute atomic E-state index is 0.170. The number of hydrogen-bond acceptors (Lipinski definition) is 7. The molecule has 0 radical (unpaired) electrons. The van der Waals surface area contributed by atoms with Gasteiger partial charge in [0.1, 0.15) is 5.75 Å². The Morgan fingerprint density at radius 1 is 1.06 bits per heavy atom. The van der Waals surface area contributed by atoms with Gasteiger partial charge in [-0.3, -0.25) is 9.36 Å². The maximum atomic E-state index is 13.1. The summed E-state index contributed by atoms with van der Waals surface area (Å²) in [5.74, 6) is 0.904. The van der Waals surface area contributed by atoms with Crippen molar-refractivity contribution < 1.29 is 9.84 Å². The molecule has 0 aliphatic rings. The third kappa shape index (κ3) is 4.29. The van der Waals surface area contributed by atoms with Crippen LogP contribution >= 0.6 is 0 Å². The van der Waals surface area contributed by atoms with Gasteiger partial charge in [-0.05, 0) is 43.7 Å². The second-order valence-corrected chi connectivity index (χ2v) is 7.37. The number of nitrogens with one attached hydrogen (secondary N) is 1. The highest BCUT2D eigenvalue weighted by Crippen LogP contribution is 2.24. The lowest BCUT2D eigenvalue weighted by Crippen LogP contribution is -2.22. The van der Waals surface area contributed by atoms with Crippen LogP contribution in [0, 0.1) is 13.8 Å². The number of aromatic hydroxyl groups is 1. The number of rotatable bonds is 6. The van der Waals surface area contributed by atoms with E-state index in [0.717, 1.165) is 22.7 Å². The Kier molecular flexibility index (Phi) is 5.85. The number of benzene rings is 2. The van der Waals surface area contributed by atoms with Crippen LogP contribution in [0.1, 0.15) is 22.5 Å². The molecule has 2 heterocycles. The van der Waals surface area contributed by atoms with Gasteiger partial charge in [-0.2, -0.15) is 5.10 Å². The van der Waals surface area contributed by atoms with Crippen LogP contribution in [0.25, 0.3) is 10.8 Å². The molecule has 4 aromatic rings. The smallest absolute Gasteiger partial charge is 0.261 e. The quantitative estimate of drug-likeness (QED) is 0.359. The van der Waals surface area contributed by atoms with Crippen molar-refractivity contribution in [2.24, 2.45) is 5.10 Å². The van der Waals surface area contributed by atoms with E-state index >= 15 is 0 Å². The van der Waals surface area contributed by atoms with Gasteiger partial charge in [0.25, 0.3) is 5.56 Å². The number of methoxy groups -OCH3 is 1. The Balaban J connectivity index is 1.74. The number of ether oxygens (including phenoxy) is 1. The zero-order valence-corrected chi connectivity index (χ0v) is 18.0. The molecule has 0 saturated heterocycles. The van der Waals surface area contributed by atoms with Crippen LogP contribution in [0.2, 0.25) is 0 Å². The van der Waals surface area contributed by atoms with E-state index < -0.39 is 0 Å². The molecule has 0 fully saturated rings. The summed E-state index contributed by atoms with van der Waals surface area (Å²) in [6, 6.07) is 16.3. The van der Waals surface area contributed by atoms with Crippen LogP contribution in [0.15, 0.2) is 64.5 Å². The van der Waals surface area contributed by atoms with Crippen molar-refractivity contribution in [3.63, 3.8) is 0 Å². The Bertz CT molecular complexity index is 1340. The molecule has 8 heteroatoms. The molecule has 162 valence electrons. The summed E-state index contributed by atoms with van der Waals surface area (Å²) in [4.78, 5) is 21.7. The molecule has 2 N–H and O–H groups in total. The Labute approximate surface area is 184 Å². The number of pyridine rings is 1.